The van der Waals surface area contributed by atoms with Gasteiger partial charge in [-0.25, -0.2) is 4.79 Å². The van der Waals surface area contributed by atoms with Crippen molar-refractivity contribution >= 4 is 45.0 Å². The van der Waals surface area contributed by atoms with Crippen LogP contribution in [0.4, 0.5) is 5.69 Å². The molecule has 0 fully saturated rings. The number of hydrogen-bond acceptors (Lipinski definition) is 6. The predicted octanol–water partition coefficient (Wildman–Crippen LogP) is 4.05. The smallest absolute Gasteiger partial charge is 0.349 e. The Morgan fingerprint density at radius 1 is 1.09 bits per heavy atom. The van der Waals surface area contributed by atoms with Crippen LogP contribution in [-0.2, 0) is 16.1 Å². The Kier molecular flexibility index (Phi) is 6.47. The van der Waals surface area contributed by atoms with Crippen molar-refractivity contribution in [3.63, 3.8) is 0 Å². The molecular weight excluding hydrogens is 452 g/mol. The zero-order valence-electron chi connectivity index (χ0n) is 19.0. The molecule has 0 bridgehead atoms. The van der Waals surface area contributed by atoms with Crippen LogP contribution in [0.3, 0.4) is 0 Å². The van der Waals surface area contributed by atoms with Crippen molar-refractivity contribution in [3.8, 4) is 0 Å². The molecule has 3 N–H and O–H groups in total. The number of nitrogens with two attached hydrogens (primary N) is 1. The van der Waals surface area contributed by atoms with Crippen molar-refractivity contribution in [2.75, 3.05) is 5.32 Å². The molecule has 2 heterocycles. The van der Waals surface area contributed by atoms with Crippen LogP contribution in [0.2, 0.25) is 0 Å². The van der Waals surface area contributed by atoms with E-state index in [1.54, 1.807) is 18.2 Å². The Morgan fingerprint density at radius 3 is 2.41 bits per heavy atom. The lowest BCUT2D eigenvalue weighted by Crippen LogP contribution is -2.29. The van der Waals surface area contributed by atoms with Gasteiger partial charge in [0.05, 0.1) is 12.2 Å². The number of aromatic nitrogens is 2. The van der Waals surface area contributed by atoms with Crippen LogP contribution in [0, 0.1) is 13.8 Å². The molecule has 1 atom stereocenters. The SMILES string of the molecule is Cc1ccc(Cn2nc(C)c3cc(C(=O)OC(C)C(=O)Nc4ccc(C(N)=O)cc4)sc32)cc1. The molecule has 0 aliphatic rings. The van der Waals surface area contributed by atoms with Crippen LogP contribution in [0.15, 0.2) is 54.6 Å². The van der Waals surface area contributed by atoms with Crippen LogP contribution >= 0.6 is 11.3 Å². The lowest BCUT2D eigenvalue weighted by atomic mass is 10.1. The fraction of sp³-hybridized carbons (Fsp3) is 0.200. The highest BCUT2D eigenvalue weighted by molar-refractivity contribution is 7.20. The fourth-order valence-corrected chi connectivity index (χ4v) is 4.46. The van der Waals surface area contributed by atoms with Gasteiger partial charge < -0.3 is 15.8 Å². The number of hydrogen-bond donors (Lipinski definition) is 2. The number of carbonyl (C=O) groups is 3. The van der Waals surface area contributed by atoms with E-state index in [9.17, 15) is 14.4 Å². The predicted molar refractivity (Wildman–Crippen MR) is 131 cm³/mol. The van der Waals surface area contributed by atoms with Gasteiger partial charge in [0.15, 0.2) is 6.10 Å². The minimum Gasteiger partial charge on any atom is -0.448 e. The summed E-state index contributed by atoms with van der Waals surface area (Å²) in [6.07, 6.45) is -1.02. The van der Waals surface area contributed by atoms with Crippen molar-refractivity contribution in [2.45, 2.75) is 33.4 Å². The standard InChI is InChI=1S/C25H24N4O4S/c1-14-4-6-17(7-5-14)13-29-24-20(15(2)28-29)12-21(34-24)25(32)33-16(3)23(31)27-19-10-8-18(9-11-19)22(26)30/h4-12,16H,13H2,1-3H3,(H2,26,30)(H,27,31). The molecule has 9 heteroatoms. The highest BCUT2D eigenvalue weighted by Crippen LogP contribution is 2.29. The molecule has 174 valence electrons. The Hall–Kier alpha value is -3.98. The van der Waals surface area contributed by atoms with Crippen LogP contribution in [0.5, 0.6) is 0 Å². The van der Waals surface area contributed by atoms with Gasteiger partial charge in [-0.2, -0.15) is 5.10 Å². The third-order valence-corrected chi connectivity index (χ3v) is 6.48. The number of nitrogens with one attached hydrogen (secondary N) is 1. The Balaban J connectivity index is 1.44. The molecule has 1 unspecified atom stereocenters. The Morgan fingerprint density at radius 2 is 1.76 bits per heavy atom. The zero-order valence-corrected chi connectivity index (χ0v) is 19.8. The topological polar surface area (TPSA) is 116 Å². The molecule has 2 amide bonds. The number of aryl methyl sites for hydroxylation is 2. The number of primary amides is 1. The summed E-state index contributed by atoms with van der Waals surface area (Å²) in [4.78, 5) is 37.6. The van der Waals surface area contributed by atoms with Gasteiger partial charge >= 0.3 is 5.97 Å². The van der Waals surface area contributed by atoms with Crippen LogP contribution in [-0.4, -0.2) is 33.7 Å². The summed E-state index contributed by atoms with van der Waals surface area (Å²) in [5.41, 5.74) is 9.14. The second kappa shape index (κ2) is 9.48. The highest BCUT2D eigenvalue weighted by atomic mass is 32.1. The van der Waals surface area contributed by atoms with E-state index in [-0.39, 0.29) is 0 Å². The molecule has 0 spiro atoms. The van der Waals surface area contributed by atoms with E-state index >= 15 is 0 Å². The summed E-state index contributed by atoms with van der Waals surface area (Å²) in [5.74, 6) is -1.61. The first-order valence-corrected chi connectivity index (χ1v) is 11.5. The molecule has 2 aromatic carbocycles. The van der Waals surface area contributed by atoms with Crippen LogP contribution in [0.25, 0.3) is 10.2 Å². The Bertz CT molecular complexity index is 1370. The van der Waals surface area contributed by atoms with E-state index in [1.807, 2.05) is 18.5 Å². The first kappa shape index (κ1) is 23.2. The molecular formula is C25H24N4O4S. The van der Waals surface area contributed by atoms with Gasteiger partial charge in [-0.15, -0.1) is 11.3 Å². The summed E-state index contributed by atoms with van der Waals surface area (Å²) in [5, 5.41) is 8.14. The van der Waals surface area contributed by atoms with Crippen molar-refractivity contribution in [1.82, 2.24) is 9.78 Å². The number of anilines is 1. The lowest BCUT2D eigenvalue weighted by molar-refractivity contribution is -0.123. The number of amides is 2. The maximum atomic E-state index is 12.7. The number of thiophene rings is 1. The second-order valence-corrected chi connectivity index (χ2v) is 9.07. The lowest BCUT2D eigenvalue weighted by Gasteiger charge is -2.13. The molecule has 0 aliphatic heterocycles. The van der Waals surface area contributed by atoms with Gasteiger partial charge in [0.1, 0.15) is 9.71 Å². The summed E-state index contributed by atoms with van der Waals surface area (Å²) >= 11 is 1.29. The molecule has 8 nitrogen and oxygen atoms in total. The summed E-state index contributed by atoms with van der Waals surface area (Å²) < 4.78 is 7.28. The molecule has 0 radical (unpaired) electrons. The normalized spacial score (nSPS) is 11.9. The maximum absolute atomic E-state index is 12.7. The van der Waals surface area contributed by atoms with Gasteiger partial charge in [0.2, 0.25) is 5.91 Å². The van der Waals surface area contributed by atoms with Crippen molar-refractivity contribution in [3.05, 3.63) is 81.9 Å². The van der Waals surface area contributed by atoms with Crippen LogP contribution in [0.1, 0.15) is 43.8 Å². The molecule has 0 saturated heterocycles. The minimum absolute atomic E-state index is 0.332. The third-order valence-electron chi connectivity index (χ3n) is 5.35. The molecule has 34 heavy (non-hydrogen) atoms. The van der Waals surface area contributed by atoms with Gasteiger partial charge in [0.25, 0.3) is 5.91 Å². The van der Waals surface area contributed by atoms with E-state index in [0.29, 0.717) is 22.7 Å². The van der Waals surface area contributed by atoms with Crippen LogP contribution < -0.4 is 11.1 Å². The number of carbonyl (C=O) groups excluding carboxylic acids is 3. The first-order chi connectivity index (χ1) is 16.2. The van der Waals surface area contributed by atoms with Gasteiger partial charge in [-0.1, -0.05) is 29.8 Å². The number of esters is 1. The number of nitrogens with zero attached hydrogens (tertiary/aromatic N) is 2. The van der Waals surface area contributed by atoms with E-state index in [1.165, 1.54) is 36.0 Å². The summed E-state index contributed by atoms with van der Waals surface area (Å²) in [7, 11) is 0. The summed E-state index contributed by atoms with van der Waals surface area (Å²) in [6.45, 7) is 6.03. The monoisotopic (exact) mass is 476 g/mol. The van der Waals surface area contributed by atoms with E-state index in [2.05, 4.69) is 34.7 Å². The second-order valence-electron chi connectivity index (χ2n) is 8.04. The quantitative estimate of drug-likeness (QED) is 0.391. The summed E-state index contributed by atoms with van der Waals surface area (Å²) in [6, 6.07) is 16.1. The van der Waals surface area contributed by atoms with Crippen molar-refractivity contribution < 1.29 is 19.1 Å². The van der Waals surface area contributed by atoms with E-state index in [4.69, 9.17) is 10.5 Å². The molecule has 4 aromatic rings. The van der Waals surface area contributed by atoms with Gasteiger partial charge in [-0.05, 0) is 56.7 Å². The van der Waals surface area contributed by atoms with E-state index in [0.717, 1.165) is 21.5 Å². The van der Waals surface area contributed by atoms with Crippen molar-refractivity contribution in [2.24, 2.45) is 5.73 Å². The molecule has 0 aliphatic carbocycles. The molecule has 4 rings (SSSR count). The molecule has 0 saturated carbocycles. The largest absolute Gasteiger partial charge is 0.448 e. The average Bonchev–Trinajstić information content (AvgIpc) is 3.37. The first-order valence-electron chi connectivity index (χ1n) is 10.7. The highest BCUT2D eigenvalue weighted by Gasteiger charge is 2.22. The zero-order chi connectivity index (χ0) is 24.4. The number of benzene rings is 2. The van der Waals surface area contributed by atoms with Crippen molar-refractivity contribution in [1.29, 1.82) is 0 Å². The minimum atomic E-state index is -1.02. The Labute approximate surface area is 200 Å². The maximum Gasteiger partial charge on any atom is 0.349 e. The average molecular weight is 477 g/mol. The number of ether oxygens (including phenoxy) is 1. The third kappa shape index (κ3) is 4.99. The number of fused-ring (bicyclic) bond motifs is 1. The number of rotatable bonds is 7. The van der Waals surface area contributed by atoms with E-state index < -0.39 is 23.9 Å². The van der Waals surface area contributed by atoms with Gasteiger partial charge in [-0.3, -0.25) is 14.3 Å². The fourth-order valence-electron chi connectivity index (χ4n) is 3.42. The van der Waals surface area contributed by atoms with Gasteiger partial charge in [0, 0.05) is 16.6 Å². The molecule has 2 aromatic heterocycles.